The van der Waals surface area contributed by atoms with Gasteiger partial charge < -0.3 is 43.5 Å². The fraction of sp³-hybridized carbons (Fsp3) is 0.620. The van der Waals surface area contributed by atoms with Gasteiger partial charge in [-0.2, -0.15) is 0 Å². The SMILES string of the molecule is CC[C@H]1OC(=O)[C@@](C)(F)C(=O)[C@H](C)[C@@H](O[C@@H]2O[C@H](C)C[C@H](N(C)C)[C@H]2O)[C@@](C)(OC)C[C@@H](C)C(=O)[C@H](C)[C@H]2N(CCCN(Cc3ccccc3)c3cnc4ccccc4c3)C(=O)O[C@]12C. The number of ketones is 2. The first-order chi connectivity index (χ1) is 30.7. The zero-order valence-electron chi connectivity index (χ0n) is 39.9. The van der Waals surface area contributed by atoms with E-state index in [4.69, 9.17) is 28.7 Å². The van der Waals surface area contributed by atoms with E-state index in [0.29, 0.717) is 25.9 Å². The lowest BCUT2D eigenvalue weighted by molar-refractivity contribution is -0.295. The van der Waals surface area contributed by atoms with Gasteiger partial charge in [-0.3, -0.25) is 14.6 Å². The standard InChI is InChI=1S/C50H69FN4O10/c1-12-39-50(8)42(55(47(60)65-50)24-18-23-54(29-34-19-14-13-15-20-34)36-26-35-21-16-17-22-37(35)52-28-36)32(4)40(56)30(2)27-48(6,61-11)44(33(5)43(58)49(7,51)46(59)63-39)64-45-41(57)38(53(9)10)25-31(3)62-45/h13-17,19-22,26,28,30-33,38-39,41-42,44-45,57H,12,18,23-25,27,29H2,1-11H3/t30-,31-,32+,33+,38+,39-,41-,42-,44-,45+,48+,49+,50-/m1/s1. The summed E-state index contributed by atoms with van der Waals surface area (Å²) in [5, 5.41) is 12.5. The van der Waals surface area contributed by atoms with E-state index < -0.39 is 83.1 Å². The molecule has 0 unspecified atom stereocenters. The summed E-state index contributed by atoms with van der Waals surface area (Å²) >= 11 is 0. The second kappa shape index (κ2) is 20.1. The van der Waals surface area contributed by atoms with Gasteiger partial charge in [-0.25, -0.2) is 14.0 Å². The number of aliphatic hydroxyl groups excluding tert-OH is 1. The molecule has 0 spiro atoms. The maximum absolute atomic E-state index is 17.1. The summed E-state index contributed by atoms with van der Waals surface area (Å²) in [6.45, 7) is 13.8. The number of para-hydroxylation sites is 1. The third-order valence-electron chi connectivity index (χ3n) is 14.2. The number of aliphatic hydroxyl groups is 1. The number of amides is 1. The van der Waals surface area contributed by atoms with E-state index in [2.05, 4.69) is 11.0 Å². The van der Waals surface area contributed by atoms with Crippen LogP contribution in [0.15, 0.2) is 66.9 Å². The number of nitrogens with zero attached hydrogens (tertiary/aromatic N) is 4. The van der Waals surface area contributed by atoms with E-state index in [1.807, 2.05) is 86.7 Å². The van der Waals surface area contributed by atoms with Crippen molar-refractivity contribution in [1.82, 2.24) is 14.8 Å². The van der Waals surface area contributed by atoms with E-state index in [1.165, 1.54) is 18.9 Å². The van der Waals surface area contributed by atoms with Crippen molar-refractivity contribution in [3.05, 3.63) is 72.4 Å². The highest BCUT2D eigenvalue weighted by Gasteiger charge is 2.61. The molecule has 15 heteroatoms. The van der Waals surface area contributed by atoms with Gasteiger partial charge in [0, 0.05) is 55.9 Å². The van der Waals surface area contributed by atoms with Crippen LogP contribution < -0.4 is 4.90 Å². The number of carbonyl (C=O) groups is 4. The zero-order valence-corrected chi connectivity index (χ0v) is 39.9. The molecule has 2 aromatic carbocycles. The number of alkyl halides is 1. The average molecular weight is 905 g/mol. The molecule has 3 aliphatic rings. The fourth-order valence-electron chi connectivity index (χ4n) is 10.5. The number of esters is 1. The minimum absolute atomic E-state index is 0.0123. The number of anilines is 1. The molecule has 1 N–H and O–H groups in total. The van der Waals surface area contributed by atoms with E-state index in [-0.39, 0.29) is 37.3 Å². The average Bonchev–Trinajstić information content (AvgIpc) is 3.54. The molecule has 6 rings (SSSR count). The van der Waals surface area contributed by atoms with E-state index in [1.54, 1.807) is 34.6 Å². The van der Waals surface area contributed by atoms with Crippen molar-refractivity contribution in [2.75, 3.05) is 39.2 Å². The lowest BCUT2D eigenvalue weighted by Crippen LogP contribution is -2.61. The Kier molecular flexibility index (Phi) is 15.5. The predicted octanol–water partition coefficient (Wildman–Crippen LogP) is 6.93. The molecular formula is C50H69FN4O10. The van der Waals surface area contributed by atoms with Crippen molar-refractivity contribution in [2.45, 2.75) is 147 Å². The first-order valence-electron chi connectivity index (χ1n) is 23.0. The van der Waals surface area contributed by atoms with E-state index in [0.717, 1.165) is 29.1 Å². The highest BCUT2D eigenvalue weighted by Crippen LogP contribution is 2.44. The molecule has 3 aromatic rings. The molecule has 0 radical (unpaired) electrons. The van der Waals surface area contributed by atoms with Crippen molar-refractivity contribution >= 4 is 40.2 Å². The van der Waals surface area contributed by atoms with Crippen molar-refractivity contribution < 1.29 is 52.4 Å². The summed E-state index contributed by atoms with van der Waals surface area (Å²) in [4.78, 5) is 67.9. The smallest absolute Gasteiger partial charge is 0.410 e. The number of cyclic esters (lactones) is 1. The number of pyridine rings is 1. The van der Waals surface area contributed by atoms with Gasteiger partial charge in [-0.1, -0.05) is 76.2 Å². The number of benzene rings is 2. The van der Waals surface area contributed by atoms with Crippen LogP contribution in [0.4, 0.5) is 14.9 Å². The van der Waals surface area contributed by atoms with Gasteiger partial charge in [-0.05, 0) is 85.2 Å². The Labute approximate surface area is 383 Å². The van der Waals surface area contributed by atoms with Gasteiger partial charge in [0.05, 0.1) is 41.3 Å². The first kappa shape index (κ1) is 49.9. The minimum atomic E-state index is -3.19. The molecule has 0 aliphatic carbocycles. The summed E-state index contributed by atoms with van der Waals surface area (Å²) in [5.41, 5.74) is -3.44. The largest absolute Gasteiger partial charge is 0.455 e. The monoisotopic (exact) mass is 904 g/mol. The molecule has 65 heavy (non-hydrogen) atoms. The lowest BCUT2D eigenvalue weighted by Gasteiger charge is -2.47. The number of carbonyl (C=O) groups excluding carboxylic acids is 4. The number of hydrogen-bond acceptors (Lipinski definition) is 13. The molecule has 4 heterocycles. The normalized spacial score (nSPS) is 35.1. The molecule has 0 bridgehead atoms. The number of Topliss-reactive ketones (excluding diaryl/α,β-unsaturated/α-hetero) is 2. The van der Waals surface area contributed by atoms with Crippen LogP contribution in [0.3, 0.4) is 0 Å². The number of likely N-dealkylation sites (N-methyl/N-ethyl adjacent to an activating group) is 1. The van der Waals surface area contributed by atoms with Crippen LogP contribution in [-0.4, -0.2) is 137 Å². The number of methoxy groups -OCH3 is 1. The van der Waals surface area contributed by atoms with Crippen LogP contribution in [0.25, 0.3) is 10.9 Å². The van der Waals surface area contributed by atoms with Gasteiger partial charge in [0.25, 0.3) is 5.67 Å². The van der Waals surface area contributed by atoms with Crippen molar-refractivity contribution in [1.29, 1.82) is 0 Å². The first-order valence-corrected chi connectivity index (χ1v) is 23.0. The van der Waals surface area contributed by atoms with Crippen LogP contribution in [0, 0.1) is 17.8 Å². The van der Waals surface area contributed by atoms with Crippen molar-refractivity contribution in [3.63, 3.8) is 0 Å². The molecule has 1 amide bonds. The molecule has 356 valence electrons. The number of ether oxygens (including phenoxy) is 5. The molecular weight excluding hydrogens is 836 g/mol. The van der Waals surface area contributed by atoms with E-state index >= 15 is 4.39 Å². The molecule has 3 fully saturated rings. The molecule has 14 nitrogen and oxygen atoms in total. The quantitative estimate of drug-likeness (QED) is 0.148. The second-order valence-corrected chi connectivity index (χ2v) is 19.2. The Morgan fingerprint density at radius 2 is 1.65 bits per heavy atom. The Bertz CT molecular complexity index is 2160. The molecule has 0 saturated carbocycles. The fourth-order valence-corrected chi connectivity index (χ4v) is 10.5. The predicted molar refractivity (Wildman–Crippen MR) is 244 cm³/mol. The summed E-state index contributed by atoms with van der Waals surface area (Å²) in [6, 6.07) is 18.7. The van der Waals surface area contributed by atoms with Gasteiger partial charge in [0.15, 0.2) is 17.7 Å². The second-order valence-electron chi connectivity index (χ2n) is 19.2. The number of hydrogen-bond donors (Lipinski definition) is 1. The summed E-state index contributed by atoms with van der Waals surface area (Å²) in [5.74, 6) is -5.86. The third-order valence-corrected chi connectivity index (χ3v) is 14.2. The lowest BCUT2D eigenvalue weighted by atomic mass is 9.73. The Morgan fingerprint density at radius 1 is 0.969 bits per heavy atom. The number of halogens is 1. The summed E-state index contributed by atoms with van der Waals surface area (Å²) in [6.07, 6.45) is -3.19. The maximum Gasteiger partial charge on any atom is 0.410 e. The van der Waals surface area contributed by atoms with Crippen LogP contribution in [0.2, 0.25) is 0 Å². The summed E-state index contributed by atoms with van der Waals surface area (Å²) < 4.78 is 48.0. The highest BCUT2D eigenvalue weighted by molar-refractivity contribution is 6.08. The minimum Gasteiger partial charge on any atom is -0.455 e. The molecule has 1 aromatic heterocycles. The van der Waals surface area contributed by atoms with Gasteiger partial charge in [0.1, 0.15) is 18.0 Å². The van der Waals surface area contributed by atoms with E-state index in [9.17, 15) is 24.3 Å². The Hall–Kier alpha value is -4.54. The van der Waals surface area contributed by atoms with Crippen LogP contribution in [0.1, 0.15) is 86.6 Å². The van der Waals surface area contributed by atoms with Crippen molar-refractivity contribution in [2.24, 2.45) is 17.8 Å². The number of fused-ring (bicyclic) bond motifs is 2. The number of aromatic nitrogens is 1. The van der Waals surface area contributed by atoms with Crippen LogP contribution in [0.5, 0.6) is 0 Å². The third kappa shape index (κ3) is 10.2. The van der Waals surface area contributed by atoms with Crippen molar-refractivity contribution in [3.8, 4) is 0 Å². The molecule has 13 atom stereocenters. The highest BCUT2D eigenvalue weighted by atomic mass is 19.1. The van der Waals surface area contributed by atoms with Crippen LogP contribution >= 0.6 is 0 Å². The Balaban J connectivity index is 1.34. The maximum atomic E-state index is 17.1. The van der Waals surface area contributed by atoms with Gasteiger partial charge >= 0.3 is 12.1 Å². The van der Waals surface area contributed by atoms with Gasteiger partial charge in [-0.15, -0.1) is 0 Å². The molecule has 3 saturated heterocycles. The molecule has 3 aliphatic heterocycles. The topological polar surface area (TPSA) is 157 Å². The van der Waals surface area contributed by atoms with Crippen LogP contribution in [-0.2, 0) is 44.6 Å². The number of rotatable bonds is 12. The Morgan fingerprint density at radius 3 is 2.31 bits per heavy atom. The summed E-state index contributed by atoms with van der Waals surface area (Å²) in [7, 11) is 5.06. The zero-order chi connectivity index (χ0) is 47.6. The van der Waals surface area contributed by atoms with Gasteiger partial charge in [0.2, 0.25) is 0 Å².